The maximum atomic E-state index is 13.8. The van der Waals surface area contributed by atoms with Gasteiger partial charge in [0.1, 0.15) is 5.00 Å². The number of nitrogens with one attached hydrogen (secondary N) is 1. The first kappa shape index (κ1) is 26.1. The van der Waals surface area contributed by atoms with Crippen molar-refractivity contribution in [2.75, 3.05) is 5.32 Å². The standard InChI is InChI=1S/C32H35N3O2S/c1-4-7-20-12-15-24-28(17-20)38-32(29(24)30(33)36)35-31(37)25-18-27(34-26-9-6-5-8-23(25)26)22-13-10-21(11-14-22)16-19(2)3/h5-6,8-11,13-14,18-20H,4,7,12,15-17H2,1-3H3,(H2,33,36)(H,35,37)/t20-/m1/s1. The Morgan fingerprint density at radius 1 is 1.13 bits per heavy atom. The molecule has 1 atom stereocenters. The van der Waals surface area contributed by atoms with Crippen molar-refractivity contribution >= 4 is 39.1 Å². The van der Waals surface area contributed by atoms with Gasteiger partial charge in [-0.15, -0.1) is 11.3 Å². The normalized spacial score (nSPS) is 15.0. The zero-order valence-corrected chi connectivity index (χ0v) is 23.2. The highest BCUT2D eigenvalue weighted by atomic mass is 32.1. The summed E-state index contributed by atoms with van der Waals surface area (Å²) in [6.07, 6.45) is 6.18. The lowest BCUT2D eigenvalue weighted by atomic mass is 9.84. The molecule has 5 nitrogen and oxygen atoms in total. The Kier molecular flexibility index (Phi) is 7.61. The lowest BCUT2D eigenvalue weighted by Crippen LogP contribution is -2.20. The van der Waals surface area contributed by atoms with Crippen molar-refractivity contribution in [2.24, 2.45) is 17.6 Å². The van der Waals surface area contributed by atoms with Crippen LogP contribution in [0.4, 0.5) is 5.00 Å². The molecule has 38 heavy (non-hydrogen) atoms. The fraction of sp³-hybridized carbons (Fsp3) is 0.344. The summed E-state index contributed by atoms with van der Waals surface area (Å²) in [5, 5.41) is 4.40. The number of para-hydroxylation sites is 1. The van der Waals surface area contributed by atoms with E-state index in [1.807, 2.05) is 30.3 Å². The highest BCUT2D eigenvalue weighted by molar-refractivity contribution is 7.17. The molecule has 0 saturated carbocycles. The Balaban J connectivity index is 1.50. The fourth-order valence-corrected chi connectivity index (χ4v) is 6.98. The molecule has 0 unspecified atom stereocenters. The number of benzene rings is 2. The quantitative estimate of drug-likeness (QED) is 0.251. The van der Waals surface area contributed by atoms with Gasteiger partial charge in [0.15, 0.2) is 0 Å². The number of thiophene rings is 1. The number of primary amides is 1. The maximum absolute atomic E-state index is 13.8. The number of amides is 2. The molecule has 0 fully saturated rings. The minimum absolute atomic E-state index is 0.257. The third-order valence-electron chi connectivity index (χ3n) is 7.39. The van der Waals surface area contributed by atoms with Crippen LogP contribution in [0.2, 0.25) is 0 Å². The molecule has 3 N–H and O–H groups in total. The van der Waals surface area contributed by atoms with Crippen LogP contribution >= 0.6 is 11.3 Å². The molecular formula is C32H35N3O2S. The highest BCUT2D eigenvalue weighted by Crippen LogP contribution is 2.41. The van der Waals surface area contributed by atoms with Gasteiger partial charge in [0, 0.05) is 15.8 Å². The van der Waals surface area contributed by atoms with Crippen LogP contribution in [0.5, 0.6) is 0 Å². The summed E-state index contributed by atoms with van der Waals surface area (Å²) < 4.78 is 0. The Bertz CT molecular complexity index is 1490. The molecule has 5 rings (SSSR count). The van der Waals surface area contributed by atoms with Gasteiger partial charge in [-0.1, -0.05) is 76.1 Å². The van der Waals surface area contributed by atoms with E-state index in [1.165, 1.54) is 28.2 Å². The van der Waals surface area contributed by atoms with E-state index < -0.39 is 5.91 Å². The molecule has 0 saturated heterocycles. The Hall–Kier alpha value is -3.51. The average molecular weight is 526 g/mol. The fourth-order valence-electron chi connectivity index (χ4n) is 5.62. The van der Waals surface area contributed by atoms with Crippen molar-refractivity contribution in [2.45, 2.75) is 59.3 Å². The summed E-state index contributed by atoms with van der Waals surface area (Å²) in [5.74, 6) is 0.468. The van der Waals surface area contributed by atoms with Crippen LogP contribution in [0.1, 0.15) is 76.8 Å². The summed E-state index contributed by atoms with van der Waals surface area (Å²) in [4.78, 5) is 32.3. The molecule has 2 heterocycles. The molecule has 0 radical (unpaired) electrons. The monoisotopic (exact) mass is 525 g/mol. The van der Waals surface area contributed by atoms with E-state index in [4.69, 9.17) is 10.7 Å². The van der Waals surface area contributed by atoms with E-state index in [9.17, 15) is 9.59 Å². The van der Waals surface area contributed by atoms with Gasteiger partial charge in [0.25, 0.3) is 11.8 Å². The number of hydrogen-bond donors (Lipinski definition) is 2. The van der Waals surface area contributed by atoms with Crippen molar-refractivity contribution in [3.8, 4) is 11.3 Å². The predicted octanol–water partition coefficient (Wildman–Crippen LogP) is 7.42. The molecule has 196 valence electrons. The SMILES string of the molecule is CCC[C@@H]1CCc2c(sc(NC(=O)c3cc(-c4ccc(CC(C)C)cc4)nc4ccccc34)c2C(N)=O)C1. The minimum atomic E-state index is -0.478. The Morgan fingerprint density at radius 3 is 2.61 bits per heavy atom. The topological polar surface area (TPSA) is 85.1 Å². The summed E-state index contributed by atoms with van der Waals surface area (Å²) in [5.41, 5.74) is 11.6. The predicted molar refractivity (Wildman–Crippen MR) is 157 cm³/mol. The zero-order chi connectivity index (χ0) is 26.8. The Morgan fingerprint density at radius 2 is 1.89 bits per heavy atom. The summed E-state index contributed by atoms with van der Waals surface area (Å²) in [7, 11) is 0. The highest BCUT2D eigenvalue weighted by Gasteiger charge is 2.29. The second-order valence-electron chi connectivity index (χ2n) is 10.8. The van der Waals surface area contributed by atoms with Crippen LogP contribution in [0.15, 0.2) is 54.6 Å². The second kappa shape index (κ2) is 11.1. The lowest BCUT2D eigenvalue weighted by molar-refractivity contribution is 0.1000. The molecule has 2 amide bonds. The molecule has 2 aromatic carbocycles. The van der Waals surface area contributed by atoms with Gasteiger partial charge in [-0.2, -0.15) is 0 Å². The van der Waals surface area contributed by atoms with Gasteiger partial charge in [-0.25, -0.2) is 4.98 Å². The van der Waals surface area contributed by atoms with Gasteiger partial charge in [0.05, 0.1) is 22.3 Å². The average Bonchev–Trinajstić information content (AvgIpc) is 3.25. The summed E-state index contributed by atoms with van der Waals surface area (Å²) >= 11 is 1.51. The molecule has 1 aliphatic rings. The number of carbonyl (C=O) groups excluding carboxylic acids is 2. The number of fused-ring (bicyclic) bond motifs is 2. The molecular weight excluding hydrogens is 490 g/mol. The number of hydrogen-bond acceptors (Lipinski definition) is 4. The molecule has 0 bridgehead atoms. The molecule has 1 aliphatic carbocycles. The van der Waals surface area contributed by atoms with Crippen LogP contribution in [-0.4, -0.2) is 16.8 Å². The first-order chi connectivity index (χ1) is 18.3. The first-order valence-corrected chi connectivity index (χ1v) is 14.4. The number of carbonyl (C=O) groups is 2. The van der Waals surface area contributed by atoms with Crippen molar-refractivity contribution in [3.63, 3.8) is 0 Å². The summed E-state index contributed by atoms with van der Waals surface area (Å²) in [6.45, 7) is 6.62. The maximum Gasteiger partial charge on any atom is 0.257 e. The minimum Gasteiger partial charge on any atom is -0.365 e. The van der Waals surface area contributed by atoms with E-state index in [-0.39, 0.29) is 5.91 Å². The van der Waals surface area contributed by atoms with Crippen molar-refractivity contribution in [3.05, 3.63) is 81.7 Å². The number of nitrogens with zero attached hydrogens (tertiary/aromatic N) is 1. The van der Waals surface area contributed by atoms with Gasteiger partial charge < -0.3 is 11.1 Å². The third-order valence-corrected chi connectivity index (χ3v) is 8.56. The molecule has 4 aromatic rings. The van der Waals surface area contributed by atoms with Gasteiger partial charge in [-0.05, 0) is 60.8 Å². The van der Waals surface area contributed by atoms with Crippen LogP contribution in [0.25, 0.3) is 22.2 Å². The van der Waals surface area contributed by atoms with Gasteiger partial charge >= 0.3 is 0 Å². The lowest BCUT2D eigenvalue weighted by Gasteiger charge is -2.21. The molecule has 6 heteroatoms. The van der Waals surface area contributed by atoms with E-state index >= 15 is 0 Å². The number of rotatable bonds is 8. The third kappa shape index (κ3) is 5.37. The number of aromatic nitrogens is 1. The first-order valence-electron chi connectivity index (χ1n) is 13.6. The van der Waals surface area contributed by atoms with Crippen LogP contribution in [0.3, 0.4) is 0 Å². The van der Waals surface area contributed by atoms with E-state index in [2.05, 4.69) is 50.4 Å². The van der Waals surface area contributed by atoms with Crippen molar-refractivity contribution in [1.82, 2.24) is 4.98 Å². The van der Waals surface area contributed by atoms with Gasteiger partial charge in [0.2, 0.25) is 0 Å². The van der Waals surface area contributed by atoms with E-state index in [0.717, 1.165) is 59.8 Å². The van der Waals surface area contributed by atoms with Crippen LogP contribution < -0.4 is 11.1 Å². The number of anilines is 1. The molecule has 0 spiro atoms. The molecule has 2 aromatic heterocycles. The largest absolute Gasteiger partial charge is 0.365 e. The van der Waals surface area contributed by atoms with Crippen LogP contribution in [0, 0.1) is 11.8 Å². The van der Waals surface area contributed by atoms with Crippen molar-refractivity contribution < 1.29 is 9.59 Å². The van der Waals surface area contributed by atoms with Crippen LogP contribution in [-0.2, 0) is 19.3 Å². The Labute approximate surface area is 228 Å². The smallest absolute Gasteiger partial charge is 0.257 e. The summed E-state index contributed by atoms with van der Waals surface area (Å²) in [6, 6.07) is 17.9. The van der Waals surface area contributed by atoms with Crippen molar-refractivity contribution in [1.29, 1.82) is 0 Å². The second-order valence-corrected chi connectivity index (χ2v) is 11.9. The zero-order valence-electron chi connectivity index (χ0n) is 22.3. The number of pyridine rings is 1. The van der Waals surface area contributed by atoms with E-state index in [0.29, 0.717) is 28.0 Å². The number of nitrogens with two attached hydrogens (primary N) is 1. The van der Waals surface area contributed by atoms with Gasteiger partial charge in [-0.3, -0.25) is 9.59 Å². The molecule has 0 aliphatic heterocycles. The van der Waals surface area contributed by atoms with E-state index in [1.54, 1.807) is 0 Å².